The van der Waals surface area contributed by atoms with Crippen molar-refractivity contribution in [1.29, 1.82) is 0 Å². The van der Waals surface area contributed by atoms with Gasteiger partial charge < -0.3 is 4.90 Å². The summed E-state index contributed by atoms with van der Waals surface area (Å²) in [4.78, 5) is 2.17. The number of hydrogen-bond donors (Lipinski definition) is 0. The molecule has 0 saturated heterocycles. The van der Waals surface area contributed by atoms with E-state index in [2.05, 4.69) is 68.4 Å². The molecule has 0 fully saturated rings. The average molecular weight is 257 g/mol. The van der Waals surface area contributed by atoms with E-state index in [9.17, 15) is 0 Å². The zero-order valence-corrected chi connectivity index (χ0v) is 12.6. The lowest BCUT2D eigenvalue weighted by Crippen LogP contribution is -2.19. The van der Waals surface area contributed by atoms with Crippen LogP contribution in [-0.2, 0) is 0 Å². The highest BCUT2D eigenvalue weighted by Gasteiger charge is 2.04. The first-order chi connectivity index (χ1) is 9.17. The van der Waals surface area contributed by atoms with Crippen LogP contribution < -0.4 is 0 Å². The molecule has 1 nitrogen and oxygen atoms in total. The molecule has 19 heavy (non-hydrogen) atoms. The van der Waals surface area contributed by atoms with E-state index >= 15 is 0 Å². The summed E-state index contributed by atoms with van der Waals surface area (Å²) >= 11 is 0. The predicted molar refractivity (Wildman–Crippen MR) is 87.8 cm³/mol. The van der Waals surface area contributed by atoms with Gasteiger partial charge in [0.15, 0.2) is 0 Å². The molecule has 0 aromatic heterocycles. The molecule has 0 aromatic rings. The minimum atomic E-state index is 0.817. The lowest BCUT2D eigenvalue weighted by atomic mass is 10.2. The lowest BCUT2D eigenvalue weighted by Gasteiger charge is -2.24. The second kappa shape index (κ2) is 11.3. The van der Waals surface area contributed by atoms with Gasteiger partial charge in [0.25, 0.3) is 0 Å². The van der Waals surface area contributed by atoms with Gasteiger partial charge in [0, 0.05) is 17.9 Å². The molecule has 0 unspecified atom stereocenters. The number of allylic oxidation sites excluding steroid dienone is 8. The molecule has 0 aliphatic carbocycles. The highest BCUT2D eigenvalue weighted by atomic mass is 15.1. The van der Waals surface area contributed by atoms with Crippen molar-refractivity contribution < 1.29 is 0 Å². The Labute approximate surface area is 119 Å². The van der Waals surface area contributed by atoms with Gasteiger partial charge in [0.05, 0.1) is 0 Å². The van der Waals surface area contributed by atoms with Gasteiger partial charge in [0.1, 0.15) is 0 Å². The van der Waals surface area contributed by atoms with E-state index in [4.69, 9.17) is 0 Å². The first-order valence-electron chi connectivity index (χ1n) is 6.91. The summed E-state index contributed by atoms with van der Waals surface area (Å²) < 4.78 is 0. The smallest absolute Gasteiger partial charge is 0.0411 e. The fourth-order valence-corrected chi connectivity index (χ4v) is 1.54. The maximum absolute atomic E-state index is 4.05. The molecule has 0 aromatic carbocycles. The van der Waals surface area contributed by atoms with Crippen LogP contribution in [0.1, 0.15) is 33.6 Å². The molecule has 0 atom stereocenters. The van der Waals surface area contributed by atoms with Gasteiger partial charge in [-0.3, -0.25) is 0 Å². The largest absolute Gasteiger partial charge is 0.342 e. The minimum Gasteiger partial charge on any atom is -0.342 e. The van der Waals surface area contributed by atoms with Crippen LogP contribution in [0.25, 0.3) is 0 Å². The summed E-state index contributed by atoms with van der Waals surface area (Å²) in [6, 6.07) is 0. The Morgan fingerprint density at radius 2 is 1.68 bits per heavy atom. The molecule has 0 aliphatic rings. The molecule has 0 saturated carbocycles. The monoisotopic (exact) mass is 257 g/mol. The van der Waals surface area contributed by atoms with E-state index in [0.717, 1.165) is 30.8 Å². The molecular formula is C18H27N. The Balaban J connectivity index is 4.86. The van der Waals surface area contributed by atoms with Crippen molar-refractivity contribution >= 4 is 0 Å². The fourth-order valence-electron chi connectivity index (χ4n) is 1.54. The van der Waals surface area contributed by atoms with Crippen molar-refractivity contribution in [3.8, 4) is 0 Å². The van der Waals surface area contributed by atoms with Gasteiger partial charge >= 0.3 is 0 Å². The van der Waals surface area contributed by atoms with Gasteiger partial charge in [0.2, 0.25) is 0 Å². The first-order valence-corrected chi connectivity index (χ1v) is 6.91. The average Bonchev–Trinajstić information content (AvgIpc) is 2.39. The van der Waals surface area contributed by atoms with Gasteiger partial charge in [-0.2, -0.15) is 0 Å². The van der Waals surface area contributed by atoms with Gasteiger partial charge in [-0.1, -0.05) is 63.5 Å². The topological polar surface area (TPSA) is 3.24 Å². The third kappa shape index (κ3) is 8.04. The standard InChI is InChI=1S/C18H27N/c1-6-9-11-12-13-16-19(17(4)5)18(14-8-3)15-10-7-2/h8-15H,3-4,6-7,16H2,1-2,5H3/b11-9-,13-12-,15-10-,18-14+. The van der Waals surface area contributed by atoms with Gasteiger partial charge in [-0.25, -0.2) is 0 Å². The van der Waals surface area contributed by atoms with Crippen LogP contribution in [0.15, 0.2) is 73.2 Å². The summed E-state index contributed by atoms with van der Waals surface area (Å²) in [5.74, 6) is 0. The lowest BCUT2D eigenvalue weighted by molar-refractivity contribution is 0.490. The second-order valence-corrected chi connectivity index (χ2v) is 4.25. The summed E-state index contributed by atoms with van der Waals surface area (Å²) in [6.07, 6.45) is 18.6. The summed E-state index contributed by atoms with van der Waals surface area (Å²) in [7, 11) is 0. The van der Waals surface area contributed by atoms with E-state index in [0.29, 0.717) is 0 Å². The molecule has 0 N–H and O–H groups in total. The number of rotatable bonds is 9. The van der Waals surface area contributed by atoms with Crippen molar-refractivity contribution in [3.63, 3.8) is 0 Å². The van der Waals surface area contributed by atoms with E-state index in [1.165, 1.54) is 0 Å². The SMILES string of the molecule is C=C/C=C(\C=C/CC)N(C/C=C\C=C/CC)C(=C)C. The van der Waals surface area contributed by atoms with Crippen LogP contribution in [0.5, 0.6) is 0 Å². The quantitative estimate of drug-likeness (QED) is 0.501. The molecule has 104 valence electrons. The van der Waals surface area contributed by atoms with Crippen molar-refractivity contribution in [2.75, 3.05) is 6.54 Å². The van der Waals surface area contributed by atoms with E-state index in [1.54, 1.807) is 0 Å². The minimum absolute atomic E-state index is 0.817. The maximum Gasteiger partial charge on any atom is 0.0411 e. The molecule has 0 bridgehead atoms. The summed E-state index contributed by atoms with van der Waals surface area (Å²) in [6.45, 7) is 14.9. The molecule has 0 radical (unpaired) electrons. The van der Waals surface area contributed by atoms with Crippen molar-refractivity contribution in [2.24, 2.45) is 0 Å². The summed E-state index contributed by atoms with van der Waals surface area (Å²) in [5, 5.41) is 0. The molecule has 0 heterocycles. The fraction of sp³-hybridized carbons (Fsp3) is 0.333. The second-order valence-electron chi connectivity index (χ2n) is 4.25. The highest BCUT2D eigenvalue weighted by Crippen LogP contribution is 2.13. The first kappa shape index (κ1) is 17.2. The summed E-state index contributed by atoms with van der Waals surface area (Å²) in [5.41, 5.74) is 2.14. The van der Waals surface area contributed by atoms with Crippen LogP contribution in [0, 0.1) is 0 Å². The third-order valence-electron chi connectivity index (χ3n) is 2.49. The Kier molecular flexibility index (Phi) is 10.3. The predicted octanol–water partition coefficient (Wildman–Crippen LogP) is 5.38. The van der Waals surface area contributed by atoms with Gasteiger partial charge in [-0.15, -0.1) is 0 Å². The molecule has 0 aliphatic heterocycles. The van der Waals surface area contributed by atoms with Crippen molar-refractivity contribution in [1.82, 2.24) is 4.90 Å². The Hall–Kier alpha value is -1.76. The van der Waals surface area contributed by atoms with Crippen LogP contribution in [0.2, 0.25) is 0 Å². The molecule has 0 spiro atoms. The molecular weight excluding hydrogens is 230 g/mol. The van der Waals surface area contributed by atoms with Crippen molar-refractivity contribution in [3.05, 3.63) is 73.2 Å². The molecule has 1 heteroatoms. The van der Waals surface area contributed by atoms with E-state index in [1.807, 2.05) is 19.1 Å². The van der Waals surface area contributed by atoms with Crippen molar-refractivity contribution in [2.45, 2.75) is 33.6 Å². The number of nitrogens with zero attached hydrogens (tertiary/aromatic N) is 1. The maximum atomic E-state index is 4.05. The molecule has 0 rings (SSSR count). The van der Waals surface area contributed by atoms with Gasteiger partial charge in [-0.05, 0) is 31.9 Å². The number of hydrogen-bond acceptors (Lipinski definition) is 1. The normalized spacial score (nSPS) is 12.7. The highest BCUT2D eigenvalue weighted by molar-refractivity contribution is 5.26. The van der Waals surface area contributed by atoms with Crippen LogP contribution in [-0.4, -0.2) is 11.4 Å². The zero-order valence-electron chi connectivity index (χ0n) is 12.6. The van der Waals surface area contributed by atoms with Crippen LogP contribution >= 0.6 is 0 Å². The zero-order chi connectivity index (χ0) is 14.5. The molecule has 0 amide bonds. The third-order valence-corrected chi connectivity index (χ3v) is 2.49. The Morgan fingerprint density at radius 1 is 1.05 bits per heavy atom. The van der Waals surface area contributed by atoms with E-state index in [-0.39, 0.29) is 0 Å². The Bertz CT molecular complexity index is 380. The van der Waals surface area contributed by atoms with E-state index < -0.39 is 0 Å². The van der Waals surface area contributed by atoms with Crippen LogP contribution in [0.4, 0.5) is 0 Å². The van der Waals surface area contributed by atoms with Crippen LogP contribution in [0.3, 0.4) is 0 Å². The Morgan fingerprint density at radius 3 is 2.21 bits per heavy atom.